The smallest absolute Gasteiger partial charge is 0.255 e. The van der Waals surface area contributed by atoms with Crippen molar-refractivity contribution in [1.82, 2.24) is 14.7 Å². The highest BCUT2D eigenvalue weighted by molar-refractivity contribution is 6.06. The van der Waals surface area contributed by atoms with Crippen LogP contribution in [-0.4, -0.2) is 59.7 Å². The molecular weight excluding hydrogens is 454 g/mol. The first kappa shape index (κ1) is 25.1. The average molecular weight is 486 g/mol. The molecule has 1 aliphatic heterocycles. The predicted molar refractivity (Wildman–Crippen MR) is 140 cm³/mol. The molecule has 9 nitrogen and oxygen atoms in total. The van der Waals surface area contributed by atoms with Crippen LogP contribution in [0, 0.1) is 16.7 Å². The number of nitriles is 1. The van der Waals surface area contributed by atoms with Crippen LogP contribution in [0.2, 0.25) is 0 Å². The van der Waals surface area contributed by atoms with Gasteiger partial charge in [-0.2, -0.15) is 10.4 Å². The van der Waals surface area contributed by atoms with Gasteiger partial charge in [0, 0.05) is 54.5 Å². The van der Waals surface area contributed by atoms with Crippen molar-refractivity contribution in [2.45, 2.75) is 26.3 Å². The monoisotopic (exact) mass is 485 g/mol. The van der Waals surface area contributed by atoms with Crippen LogP contribution in [0.4, 0.5) is 17.1 Å². The Balaban J connectivity index is 1.47. The minimum atomic E-state index is -0.278. The maximum absolute atomic E-state index is 13.1. The molecule has 2 aromatic carbocycles. The van der Waals surface area contributed by atoms with E-state index in [1.807, 2.05) is 24.7 Å². The summed E-state index contributed by atoms with van der Waals surface area (Å²) >= 11 is 0. The van der Waals surface area contributed by atoms with Gasteiger partial charge in [0.15, 0.2) is 0 Å². The van der Waals surface area contributed by atoms with Crippen LogP contribution in [0.25, 0.3) is 0 Å². The van der Waals surface area contributed by atoms with E-state index in [9.17, 15) is 10.1 Å². The fourth-order valence-electron chi connectivity index (χ4n) is 4.32. The van der Waals surface area contributed by atoms with Gasteiger partial charge in [-0.1, -0.05) is 19.9 Å². The van der Waals surface area contributed by atoms with Crippen molar-refractivity contribution in [3.8, 4) is 6.07 Å². The molecule has 0 unspecified atom stereocenters. The Bertz CT molecular complexity index is 1270. The Kier molecular flexibility index (Phi) is 8.10. The fraction of sp³-hybridized carbons (Fsp3) is 0.333. The molecule has 9 heteroatoms. The van der Waals surface area contributed by atoms with Crippen LogP contribution in [0.1, 0.15) is 46.8 Å². The zero-order chi connectivity index (χ0) is 25.5. The van der Waals surface area contributed by atoms with Crippen molar-refractivity contribution >= 4 is 29.2 Å². The van der Waals surface area contributed by atoms with Gasteiger partial charge in [-0.15, -0.1) is 0 Å². The van der Waals surface area contributed by atoms with E-state index in [2.05, 4.69) is 26.7 Å². The third-order valence-electron chi connectivity index (χ3n) is 6.18. The second-order valence-corrected chi connectivity index (χ2v) is 9.00. The van der Waals surface area contributed by atoms with Gasteiger partial charge < -0.3 is 20.8 Å². The summed E-state index contributed by atoms with van der Waals surface area (Å²) in [5, 5.41) is 28.0. The Morgan fingerprint density at radius 1 is 1.22 bits per heavy atom. The summed E-state index contributed by atoms with van der Waals surface area (Å²) < 4.78 is 7.29. The molecule has 3 aromatic rings. The number of hydrogen-bond donors (Lipinski definition) is 3. The molecular formula is C27H31N7O2. The summed E-state index contributed by atoms with van der Waals surface area (Å²) in [7, 11) is 0. The largest absolute Gasteiger partial charge is 0.379 e. The molecule has 1 aromatic heterocycles. The molecule has 4 rings (SSSR count). The molecule has 1 fully saturated rings. The average Bonchev–Trinajstić information content (AvgIpc) is 3.35. The van der Waals surface area contributed by atoms with Crippen molar-refractivity contribution in [2.75, 3.05) is 43.5 Å². The summed E-state index contributed by atoms with van der Waals surface area (Å²) in [4.78, 5) is 15.5. The summed E-state index contributed by atoms with van der Waals surface area (Å²) in [6.45, 7) is 9.03. The first-order valence-corrected chi connectivity index (χ1v) is 12.1. The molecule has 1 saturated heterocycles. The van der Waals surface area contributed by atoms with Crippen LogP contribution in [0.15, 0.2) is 48.8 Å². The number of ether oxygens (including phenoxy) is 1. The van der Waals surface area contributed by atoms with Gasteiger partial charge in [0.2, 0.25) is 0 Å². The molecule has 0 atom stereocenters. The van der Waals surface area contributed by atoms with Gasteiger partial charge in [-0.05, 0) is 41.8 Å². The number of morpholine rings is 1. The molecule has 0 bridgehead atoms. The summed E-state index contributed by atoms with van der Waals surface area (Å²) in [6, 6.07) is 12.7. The maximum atomic E-state index is 13.1. The van der Waals surface area contributed by atoms with Gasteiger partial charge in [0.1, 0.15) is 0 Å². The van der Waals surface area contributed by atoms with Crippen LogP contribution in [-0.2, 0) is 11.3 Å². The molecule has 1 amide bonds. The lowest BCUT2D eigenvalue weighted by atomic mass is 9.92. The Morgan fingerprint density at radius 2 is 2.03 bits per heavy atom. The van der Waals surface area contributed by atoms with Gasteiger partial charge in [0.05, 0.1) is 43.3 Å². The number of nitrogens with one attached hydrogen (secondary N) is 3. The van der Waals surface area contributed by atoms with E-state index >= 15 is 0 Å². The first-order chi connectivity index (χ1) is 17.5. The summed E-state index contributed by atoms with van der Waals surface area (Å²) in [6.07, 6.45) is 4.95. The Morgan fingerprint density at radius 3 is 2.75 bits per heavy atom. The molecule has 0 radical (unpaired) electrons. The van der Waals surface area contributed by atoms with E-state index < -0.39 is 0 Å². The standard InChI is InChI=1S/C27H31N7O2/c1-19(2)26-21(16-29)4-3-5-24(26)27(35)32-22-7-6-20(15-28)25(14-22)31-23-17-30-34(18-23)9-8-33-10-12-36-13-11-33/h3-7,14-15,17-19,28,31H,8-13H2,1-2H3,(H,32,35). The third kappa shape index (κ3) is 5.97. The highest BCUT2D eigenvalue weighted by Crippen LogP contribution is 2.27. The molecule has 186 valence electrons. The summed E-state index contributed by atoms with van der Waals surface area (Å²) in [5.41, 5.74) is 4.48. The zero-order valence-corrected chi connectivity index (χ0v) is 20.6. The topological polar surface area (TPSA) is 119 Å². The van der Waals surface area contributed by atoms with Gasteiger partial charge in [-0.25, -0.2) is 0 Å². The van der Waals surface area contributed by atoms with Gasteiger partial charge in [-0.3, -0.25) is 14.4 Å². The second-order valence-electron chi connectivity index (χ2n) is 9.00. The minimum Gasteiger partial charge on any atom is -0.379 e. The molecule has 36 heavy (non-hydrogen) atoms. The van der Waals surface area contributed by atoms with E-state index in [4.69, 9.17) is 10.1 Å². The predicted octanol–water partition coefficient (Wildman–Crippen LogP) is 4.20. The van der Waals surface area contributed by atoms with Crippen molar-refractivity contribution in [3.63, 3.8) is 0 Å². The number of nitrogens with zero attached hydrogens (tertiary/aromatic N) is 4. The highest BCUT2D eigenvalue weighted by Gasteiger charge is 2.18. The van der Waals surface area contributed by atoms with E-state index in [-0.39, 0.29) is 11.8 Å². The molecule has 1 aliphatic rings. The number of amides is 1. The molecule has 0 aliphatic carbocycles. The van der Waals surface area contributed by atoms with E-state index in [1.54, 1.807) is 42.6 Å². The summed E-state index contributed by atoms with van der Waals surface area (Å²) in [5.74, 6) is -0.251. The lowest BCUT2D eigenvalue weighted by molar-refractivity contribution is 0.0360. The number of carbonyl (C=O) groups is 1. The number of benzene rings is 2. The number of carbonyl (C=O) groups excluding carboxylic acids is 1. The normalized spacial score (nSPS) is 13.8. The molecule has 2 heterocycles. The van der Waals surface area contributed by atoms with Crippen LogP contribution < -0.4 is 10.6 Å². The zero-order valence-electron chi connectivity index (χ0n) is 20.6. The molecule has 0 spiro atoms. The van der Waals surface area contributed by atoms with Gasteiger partial charge in [0.25, 0.3) is 5.91 Å². The number of anilines is 3. The van der Waals surface area contributed by atoms with E-state index in [1.165, 1.54) is 6.21 Å². The van der Waals surface area contributed by atoms with Crippen molar-refractivity contribution in [1.29, 1.82) is 10.7 Å². The highest BCUT2D eigenvalue weighted by atomic mass is 16.5. The van der Waals surface area contributed by atoms with E-state index in [0.717, 1.165) is 50.6 Å². The van der Waals surface area contributed by atoms with Crippen molar-refractivity contribution in [2.24, 2.45) is 0 Å². The lowest BCUT2D eigenvalue weighted by Crippen LogP contribution is -2.38. The fourth-order valence-corrected chi connectivity index (χ4v) is 4.32. The molecule has 3 N–H and O–H groups in total. The van der Waals surface area contributed by atoms with Crippen molar-refractivity contribution in [3.05, 3.63) is 71.0 Å². The lowest BCUT2D eigenvalue weighted by Gasteiger charge is -2.26. The third-order valence-corrected chi connectivity index (χ3v) is 6.18. The number of rotatable bonds is 9. The van der Waals surface area contributed by atoms with Crippen LogP contribution >= 0.6 is 0 Å². The Labute approximate surface area is 211 Å². The number of aromatic nitrogens is 2. The molecule has 0 saturated carbocycles. The maximum Gasteiger partial charge on any atom is 0.255 e. The minimum absolute atomic E-state index is 0.0268. The second kappa shape index (κ2) is 11.6. The first-order valence-electron chi connectivity index (χ1n) is 12.1. The van der Waals surface area contributed by atoms with Crippen LogP contribution in [0.3, 0.4) is 0 Å². The quantitative estimate of drug-likeness (QED) is 0.391. The Hall–Kier alpha value is -4.00. The van der Waals surface area contributed by atoms with Gasteiger partial charge >= 0.3 is 0 Å². The van der Waals surface area contributed by atoms with Crippen LogP contribution in [0.5, 0.6) is 0 Å². The van der Waals surface area contributed by atoms with E-state index in [0.29, 0.717) is 28.1 Å². The number of hydrogen-bond acceptors (Lipinski definition) is 7. The SMILES string of the molecule is CC(C)c1c(C#N)cccc1C(=O)Nc1ccc(C=N)c(Nc2cnn(CCN3CCOCC3)c2)c1. The van der Waals surface area contributed by atoms with Crippen molar-refractivity contribution < 1.29 is 9.53 Å².